The molecule has 1 aromatic heterocycles. The molecule has 112 valence electrons. The lowest BCUT2D eigenvalue weighted by Gasteiger charge is -2.39. The molecule has 1 fully saturated rings. The Morgan fingerprint density at radius 1 is 1.19 bits per heavy atom. The fraction of sp³-hybridized carbons (Fsp3) is 0.375. The molecule has 0 aliphatic carbocycles. The summed E-state index contributed by atoms with van der Waals surface area (Å²) in [7, 11) is 0. The molecule has 2 aromatic rings. The zero-order valence-corrected chi connectivity index (χ0v) is 13.5. The van der Waals surface area contributed by atoms with Crippen molar-refractivity contribution in [1.82, 2.24) is 4.90 Å². The molecule has 3 rings (SSSR count). The van der Waals surface area contributed by atoms with Gasteiger partial charge < -0.3 is 10.6 Å². The van der Waals surface area contributed by atoms with Crippen molar-refractivity contribution >= 4 is 28.6 Å². The molecule has 0 amide bonds. The minimum absolute atomic E-state index is 0.345. The van der Waals surface area contributed by atoms with Crippen molar-refractivity contribution in [2.45, 2.75) is 6.04 Å². The van der Waals surface area contributed by atoms with E-state index >= 15 is 0 Å². The number of anilines is 1. The summed E-state index contributed by atoms with van der Waals surface area (Å²) in [6.07, 6.45) is 0. The predicted molar refractivity (Wildman–Crippen MR) is 91.4 cm³/mol. The smallest absolute Gasteiger partial charge is 0.0480 e. The van der Waals surface area contributed by atoms with E-state index in [1.807, 2.05) is 18.2 Å². The van der Waals surface area contributed by atoms with Gasteiger partial charge in [-0.2, -0.15) is 11.3 Å². The molecule has 1 atom stereocenters. The minimum Gasteiger partial charge on any atom is -0.369 e. The highest BCUT2D eigenvalue weighted by atomic mass is 35.5. The van der Waals surface area contributed by atoms with E-state index in [1.54, 1.807) is 11.3 Å². The standard InChI is InChI=1S/C16H20ClN3S/c17-14-2-1-3-15(10-14)19-5-7-20(8-6-19)16(11-18)13-4-9-21-12-13/h1-4,9-10,12,16H,5-8,11,18H2. The number of halogens is 1. The Kier molecular flexibility index (Phi) is 4.80. The Hall–Kier alpha value is -1.07. The average Bonchev–Trinajstić information content (AvgIpc) is 3.03. The van der Waals surface area contributed by atoms with Gasteiger partial charge in [0.1, 0.15) is 0 Å². The van der Waals surface area contributed by atoms with Crippen LogP contribution in [0.25, 0.3) is 0 Å². The first-order valence-corrected chi connectivity index (χ1v) is 8.57. The highest BCUT2D eigenvalue weighted by Gasteiger charge is 2.24. The predicted octanol–water partition coefficient (Wildman–Crippen LogP) is 3.22. The van der Waals surface area contributed by atoms with Crippen LogP contribution in [0.1, 0.15) is 11.6 Å². The number of nitrogens with zero attached hydrogens (tertiary/aromatic N) is 2. The molecule has 1 aromatic carbocycles. The number of piperazine rings is 1. The van der Waals surface area contributed by atoms with Crippen molar-refractivity contribution in [2.24, 2.45) is 5.73 Å². The van der Waals surface area contributed by atoms with Crippen LogP contribution in [0.15, 0.2) is 41.1 Å². The van der Waals surface area contributed by atoms with E-state index in [2.05, 4.69) is 32.7 Å². The van der Waals surface area contributed by atoms with Crippen LogP contribution in [0.2, 0.25) is 5.02 Å². The van der Waals surface area contributed by atoms with Gasteiger partial charge in [-0.25, -0.2) is 0 Å². The molecule has 21 heavy (non-hydrogen) atoms. The number of benzene rings is 1. The summed E-state index contributed by atoms with van der Waals surface area (Å²) in [6.45, 7) is 4.77. The van der Waals surface area contributed by atoms with Gasteiger partial charge in [0, 0.05) is 49.5 Å². The molecule has 0 saturated carbocycles. The summed E-state index contributed by atoms with van der Waals surface area (Å²) in [5, 5.41) is 5.13. The number of hydrogen-bond acceptors (Lipinski definition) is 4. The van der Waals surface area contributed by atoms with E-state index in [0.29, 0.717) is 12.6 Å². The Balaban J connectivity index is 1.64. The van der Waals surface area contributed by atoms with Crippen LogP contribution >= 0.6 is 22.9 Å². The summed E-state index contributed by atoms with van der Waals surface area (Å²) in [6, 6.07) is 10.6. The topological polar surface area (TPSA) is 32.5 Å². The lowest BCUT2D eigenvalue weighted by Crippen LogP contribution is -2.49. The first kappa shape index (κ1) is 14.9. The van der Waals surface area contributed by atoms with Gasteiger partial charge in [0.2, 0.25) is 0 Å². The number of thiophene rings is 1. The SMILES string of the molecule is NCC(c1ccsc1)N1CCN(c2cccc(Cl)c2)CC1. The second kappa shape index (κ2) is 6.79. The lowest BCUT2D eigenvalue weighted by molar-refractivity contribution is 0.190. The third-order valence-electron chi connectivity index (χ3n) is 4.08. The Labute approximate surface area is 134 Å². The first-order valence-electron chi connectivity index (χ1n) is 7.24. The van der Waals surface area contributed by atoms with Gasteiger partial charge >= 0.3 is 0 Å². The highest BCUT2D eigenvalue weighted by molar-refractivity contribution is 7.07. The summed E-state index contributed by atoms with van der Waals surface area (Å²) in [5.41, 5.74) is 8.55. The Morgan fingerprint density at radius 2 is 2.00 bits per heavy atom. The number of nitrogens with two attached hydrogens (primary N) is 1. The maximum absolute atomic E-state index is 6.08. The van der Waals surface area contributed by atoms with Crippen molar-refractivity contribution in [3.8, 4) is 0 Å². The highest BCUT2D eigenvalue weighted by Crippen LogP contribution is 2.26. The van der Waals surface area contributed by atoms with E-state index in [9.17, 15) is 0 Å². The fourth-order valence-electron chi connectivity index (χ4n) is 2.93. The van der Waals surface area contributed by atoms with Crippen molar-refractivity contribution in [1.29, 1.82) is 0 Å². The Morgan fingerprint density at radius 3 is 2.62 bits per heavy atom. The maximum atomic E-state index is 6.08. The van der Waals surface area contributed by atoms with Gasteiger partial charge in [-0.3, -0.25) is 4.90 Å². The van der Waals surface area contributed by atoms with Crippen LogP contribution in [0.4, 0.5) is 5.69 Å². The molecule has 1 unspecified atom stereocenters. The van der Waals surface area contributed by atoms with Gasteiger partial charge in [0.25, 0.3) is 0 Å². The van der Waals surface area contributed by atoms with E-state index in [4.69, 9.17) is 17.3 Å². The van der Waals surface area contributed by atoms with E-state index in [-0.39, 0.29) is 0 Å². The largest absolute Gasteiger partial charge is 0.369 e. The van der Waals surface area contributed by atoms with E-state index in [1.165, 1.54) is 11.3 Å². The zero-order valence-electron chi connectivity index (χ0n) is 11.9. The monoisotopic (exact) mass is 321 g/mol. The first-order chi connectivity index (χ1) is 10.3. The molecule has 5 heteroatoms. The van der Waals surface area contributed by atoms with Crippen LogP contribution in [0.3, 0.4) is 0 Å². The molecule has 0 bridgehead atoms. The summed E-state index contributed by atoms with van der Waals surface area (Å²) < 4.78 is 0. The molecule has 1 aliphatic heterocycles. The zero-order chi connectivity index (χ0) is 14.7. The molecule has 2 N–H and O–H groups in total. The normalized spacial score (nSPS) is 17.9. The summed E-state index contributed by atoms with van der Waals surface area (Å²) >= 11 is 7.82. The van der Waals surface area contributed by atoms with Gasteiger partial charge in [-0.15, -0.1) is 0 Å². The molecule has 3 nitrogen and oxygen atoms in total. The van der Waals surface area contributed by atoms with Crippen LogP contribution < -0.4 is 10.6 Å². The van der Waals surface area contributed by atoms with Crippen LogP contribution in [-0.4, -0.2) is 37.6 Å². The van der Waals surface area contributed by atoms with Crippen LogP contribution in [-0.2, 0) is 0 Å². The van der Waals surface area contributed by atoms with Gasteiger partial charge in [-0.05, 0) is 40.6 Å². The quantitative estimate of drug-likeness (QED) is 0.938. The van der Waals surface area contributed by atoms with E-state index < -0.39 is 0 Å². The van der Waals surface area contributed by atoms with Gasteiger partial charge in [-0.1, -0.05) is 17.7 Å². The maximum Gasteiger partial charge on any atom is 0.0480 e. The third-order valence-corrected chi connectivity index (χ3v) is 5.02. The van der Waals surface area contributed by atoms with Gasteiger partial charge in [0.15, 0.2) is 0 Å². The summed E-state index contributed by atoms with van der Waals surface area (Å²) in [4.78, 5) is 4.88. The molecule has 0 radical (unpaired) electrons. The fourth-order valence-corrected chi connectivity index (χ4v) is 3.82. The molecule has 0 spiro atoms. The molecule has 1 saturated heterocycles. The lowest BCUT2D eigenvalue weighted by atomic mass is 10.1. The Bertz CT molecular complexity index is 565. The van der Waals surface area contributed by atoms with Crippen LogP contribution in [0, 0.1) is 0 Å². The van der Waals surface area contributed by atoms with Crippen molar-refractivity contribution in [3.05, 3.63) is 51.7 Å². The molecule has 2 heterocycles. The van der Waals surface area contributed by atoms with Crippen LogP contribution in [0.5, 0.6) is 0 Å². The van der Waals surface area contributed by atoms with Crippen molar-refractivity contribution < 1.29 is 0 Å². The molecular formula is C16H20ClN3S. The van der Waals surface area contributed by atoms with E-state index in [0.717, 1.165) is 31.2 Å². The van der Waals surface area contributed by atoms with Crippen molar-refractivity contribution in [3.63, 3.8) is 0 Å². The number of hydrogen-bond donors (Lipinski definition) is 1. The van der Waals surface area contributed by atoms with Gasteiger partial charge in [0.05, 0.1) is 0 Å². The summed E-state index contributed by atoms with van der Waals surface area (Å²) in [5.74, 6) is 0. The minimum atomic E-state index is 0.345. The molecular weight excluding hydrogens is 302 g/mol. The molecule has 1 aliphatic rings. The second-order valence-electron chi connectivity index (χ2n) is 5.31. The second-order valence-corrected chi connectivity index (χ2v) is 6.53. The van der Waals surface area contributed by atoms with Crippen molar-refractivity contribution in [2.75, 3.05) is 37.6 Å². The third kappa shape index (κ3) is 3.40. The average molecular weight is 322 g/mol. The number of rotatable bonds is 4.